The summed E-state index contributed by atoms with van der Waals surface area (Å²) in [6.45, 7) is -0.435. The van der Waals surface area contributed by atoms with E-state index in [1.807, 2.05) is 0 Å². The first-order chi connectivity index (χ1) is 12.0. The first-order valence-corrected chi connectivity index (χ1v) is 8.27. The van der Waals surface area contributed by atoms with E-state index in [4.69, 9.17) is 9.47 Å². The number of nitrogens with zero attached hydrogens (tertiary/aromatic N) is 1. The number of carbonyl (C=O) groups excluding carboxylic acids is 2. The Kier molecular flexibility index (Phi) is 6.73. The minimum Gasteiger partial charge on any atom is -0.495 e. The maximum absolute atomic E-state index is 11.9. The lowest BCUT2D eigenvalue weighted by Gasteiger charge is -2.11. The largest absolute Gasteiger partial charge is 0.495 e. The van der Waals surface area contributed by atoms with Gasteiger partial charge >= 0.3 is 5.97 Å². The summed E-state index contributed by atoms with van der Waals surface area (Å²) in [6.07, 6.45) is 5.83. The average molecular weight is 350 g/mol. The fourth-order valence-electron chi connectivity index (χ4n) is 2.93. The highest BCUT2D eigenvalue weighted by Gasteiger charge is 2.18. The second kappa shape index (κ2) is 9.00. The van der Waals surface area contributed by atoms with Crippen molar-refractivity contribution < 1.29 is 24.0 Å². The molecule has 1 N–H and O–H groups in total. The fourth-order valence-corrected chi connectivity index (χ4v) is 2.93. The summed E-state index contributed by atoms with van der Waals surface area (Å²) in [5, 5.41) is 13.3. The number of non-ortho nitro benzene ring substituents is 1. The Morgan fingerprint density at radius 3 is 2.68 bits per heavy atom. The van der Waals surface area contributed by atoms with E-state index in [-0.39, 0.29) is 17.1 Å². The molecule has 0 bridgehead atoms. The molecule has 1 aliphatic rings. The molecular formula is C17H22N2O6. The molecule has 1 aromatic rings. The average Bonchev–Trinajstić information content (AvgIpc) is 3.11. The van der Waals surface area contributed by atoms with Gasteiger partial charge in [0.2, 0.25) is 0 Å². The van der Waals surface area contributed by atoms with Crippen molar-refractivity contribution in [2.24, 2.45) is 5.92 Å². The Bertz CT molecular complexity index is 640. The first kappa shape index (κ1) is 18.7. The SMILES string of the molecule is COc1ccc([N+](=O)[O-])cc1NC(=O)COC(=O)CCC1CCCC1. The number of anilines is 1. The quantitative estimate of drug-likeness (QED) is 0.438. The van der Waals surface area contributed by atoms with E-state index in [1.165, 1.54) is 38.2 Å². The van der Waals surface area contributed by atoms with Crippen molar-refractivity contribution in [3.05, 3.63) is 28.3 Å². The summed E-state index contributed by atoms with van der Waals surface area (Å²) in [6, 6.07) is 3.86. The maximum atomic E-state index is 11.9. The van der Waals surface area contributed by atoms with Crippen LogP contribution in [0.2, 0.25) is 0 Å². The molecule has 0 spiro atoms. The number of esters is 1. The van der Waals surface area contributed by atoms with E-state index in [0.29, 0.717) is 12.3 Å². The second-order valence-electron chi connectivity index (χ2n) is 6.04. The number of nitrogens with one attached hydrogen (secondary N) is 1. The van der Waals surface area contributed by atoms with Gasteiger partial charge < -0.3 is 14.8 Å². The Morgan fingerprint density at radius 1 is 1.32 bits per heavy atom. The molecule has 2 rings (SSSR count). The van der Waals surface area contributed by atoms with Crippen LogP contribution < -0.4 is 10.1 Å². The molecule has 0 saturated heterocycles. The molecule has 136 valence electrons. The van der Waals surface area contributed by atoms with Gasteiger partial charge in [-0.1, -0.05) is 25.7 Å². The van der Waals surface area contributed by atoms with Crippen LogP contribution in [0, 0.1) is 16.0 Å². The van der Waals surface area contributed by atoms with Gasteiger partial charge in [0.1, 0.15) is 5.75 Å². The van der Waals surface area contributed by atoms with Crippen LogP contribution in [0.3, 0.4) is 0 Å². The van der Waals surface area contributed by atoms with Gasteiger partial charge in [-0.25, -0.2) is 0 Å². The van der Waals surface area contributed by atoms with E-state index in [2.05, 4.69) is 5.32 Å². The topological polar surface area (TPSA) is 108 Å². The van der Waals surface area contributed by atoms with E-state index in [0.717, 1.165) is 19.3 Å². The van der Waals surface area contributed by atoms with Crippen LogP contribution >= 0.6 is 0 Å². The minimum atomic E-state index is -0.576. The van der Waals surface area contributed by atoms with Crippen molar-refractivity contribution >= 4 is 23.3 Å². The van der Waals surface area contributed by atoms with Gasteiger partial charge in [-0.05, 0) is 18.4 Å². The lowest BCUT2D eigenvalue weighted by Crippen LogP contribution is -2.21. The number of hydrogen-bond acceptors (Lipinski definition) is 6. The zero-order valence-corrected chi connectivity index (χ0v) is 14.2. The van der Waals surface area contributed by atoms with Crippen LogP contribution in [0.25, 0.3) is 0 Å². The number of ether oxygens (including phenoxy) is 2. The molecule has 8 nitrogen and oxygen atoms in total. The van der Waals surface area contributed by atoms with Crippen molar-refractivity contribution in [3.63, 3.8) is 0 Å². The van der Waals surface area contributed by atoms with Gasteiger partial charge in [-0.2, -0.15) is 0 Å². The third kappa shape index (κ3) is 5.74. The Balaban J connectivity index is 1.81. The number of nitro groups is 1. The van der Waals surface area contributed by atoms with E-state index >= 15 is 0 Å². The predicted octanol–water partition coefficient (Wildman–Crippen LogP) is 3.06. The molecule has 0 unspecified atom stereocenters. The Labute approximate surface area is 145 Å². The summed E-state index contributed by atoms with van der Waals surface area (Å²) in [7, 11) is 1.39. The van der Waals surface area contributed by atoms with Crippen LogP contribution in [0.15, 0.2) is 18.2 Å². The van der Waals surface area contributed by atoms with Crippen molar-refractivity contribution in [2.75, 3.05) is 19.0 Å². The number of hydrogen-bond donors (Lipinski definition) is 1. The van der Waals surface area contributed by atoms with Crippen LogP contribution in [0.5, 0.6) is 5.75 Å². The molecular weight excluding hydrogens is 328 g/mol. The van der Waals surface area contributed by atoms with E-state index < -0.39 is 23.4 Å². The van der Waals surface area contributed by atoms with Gasteiger partial charge in [-0.3, -0.25) is 19.7 Å². The van der Waals surface area contributed by atoms with Gasteiger partial charge in [0.25, 0.3) is 11.6 Å². The summed E-state index contributed by atoms with van der Waals surface area (Å²) in [5.74, 6) is -0.122. The molecule has 25 heavy (non-hydrogen) atoms. The maximum Gasteiger partial charge on any atom is 0.306 e. The van der Waals surface area contributed by atoms with Crippen LogP contribution in [0.4, 0.5) is 11.4 Å². The third-order valence-corrected chi connectivity index (χ3v) is 4.26. The highest BCUT2D eigenvalue weighted by Crippen LogP contribution is 2.29. The second-order valence-corrected chi connectivity index (χ2v) is 6.04. The van der Waals surface area contributed by atoms with E-state index in [9.17, 15) is 19.7 Å². The van der Waals surface area contributed by atoms with Gasteiger partial charge in [0, 0.05) is 18.6 Å². The first-order valence-electron chi connectivity index (χ1n) is 8.27. The molecule has 1 aromatic carbocycles. The highest BCUT2D eigenvalue weighted by atomic mass is 16.6. The molecule has 1 aliphatic carbocycles. The van der Waals surface area contributed by atoms with Crippen LogP contribution in [0.1, 0.15) is 38.5 Å². The molecule has 0 aromatic heterocycles. The number of methoxy groups -OCH3 is 1. The Hall–Kier alpha value is -2.64. The van der Waals surface area contributed by atoms with Crippen molar-refractivity contribution in [1.82, 2.24) is 0 Å². The smallest absolute Gasteiger partial charge is 0.306 e. The Morgan fingerprint density at radius 2 is 2.04 bits per heavy atom. The summed E-state index contributed by atoms with van der Waals surface area (Å²) < 4.78 is 10.0. The molecule has 0 atom stereocenters. The number of amides is 1. The predicted molar refractivity (Wildman–Crippen MR) is 90.4 cm³/mol. The number of carbonyl (C=O) groups is 2. The lowest BCUT2D eigenvalue weighted by atomic mass is 10.0. The van der Waals surface area contributed by atoms with Gasteiger partial charge in [0.15, 0.2) is 6.61 Å². The number of benzene rings is 1. The number of rotatable bonds is 8. The van der Waals surface area contributed by atoms with Crippen LogP contribution in [-0.4, -0.2) is 30.5 Å². The molecule has 0 radical (unpaired) electrons. The number of nitro benzene ring substituents is 1. The lowest BCUT2D eigenvalue weighted by molar-refractivity contribution is -0.384. The molecule has 1 amide bonds. The van der Waals surface area contributed by atoms with Crippen molar-refractivity contribution in [3.8, 4) is 5.75 Å². The molecule has 0 aliphatic heterocycles. The zero-order valence-electron chi connectivity index (χ0n) is 14.2. The zero-order chi connectivity index (χ0) is 18.2. The summed E-state index contributed by atoms with van der Waals surface area (Å²) in [5.41, 5.74) is -0.0200. The fraction of sp³-hybridized carbons (Fsp3) is 0.529. The normalized spacial score (nSPS) is 14.1. The molecule has 1 saturated carbocycles. The summed E-state index contributed by atoms with van der Waals surface area (Å²) in [4.78, 5) is 33.9. The molecule has 0 heterocycles. The third-order valence-electron chi connectivity index (χ3n) is 4.26. The van der Waals surface area contributed by atoms with Gasteiger partial charge in [-0.15, -0.1) is 0 Å². The standard InChI is InChI=1S/C17H22N2O6/c1-24-15-8-7-13(19(22)23)10-14(15)18-16(20)11-25-17(21)9-6-12-4-2-3-5-12/h7-8,10,12H,2-6,9,11H2,1H3,(H,18,20). The minimum absolute atomic E-state index is 0.156. The van der Waals surface area contributed by atoms with Crippen molar-refractivity contribution in [1.29, 1.82) is 0 Å². The van der Waals surface area contributed by atoms with Crippen molar-refractivity contribution in [2.45, 2.75) is 38.5 Å². The monoisotopic (exact) mass is 350 g/mol. The van der Waals surface area contributed by atoms with Gasteiger partial charge in [0.05, 0.1) is 17.7 Å². The van der Waals surface area contributed by atoms with E-state index in [1.54, 1.807) is 0 Å². The highest BCUT2D eigenvalue weighted by molar-refractivity contribution is 5.94. The van der Waals surface area contributed by atoms with Crippen LogP contribution in [-0.2, 0) is 14.3 Å². The molecule has 1 fully saturated rings. The summed E-state index contributed by atoms with van der Waals surface area (Å²) >= 11 is 0. The molecule has 8 heteroatoms.